The third kappa shape index (κ3) is 1.87. The van der Waals surface area contributed by atoms with Crippen LogP contribution in [0, 0.1) is 0 Å². The summed E-state index contributed by atoms with van der Waals surface area (Å²) in [6, 6.07) is 5.08. The Balaban J connectivity index is 2.31. The van der Waals surface area contributed by atoms with E-state index in [1.54, 1.807) is 18.2 Å². The van der Waals surface area contributed by atoms with Crippen molar-refractivity contribution >= 4 is 5.78 Å². The zero-order chi connectivity index (χ0) is 11.7. The first-order valence-corrected chi connectivity index (χ1v) is 5.26. The molecule has 0 saturated carbocycles. The molecule has 0 bridgehead atoms. The lowest BCUT2D eigenvalue weighted by atomic mass is 10.00. The first-order chi connectivity index (χ1) is 7.63. The molecule has 0 heterocycles. The Bertz CT molecular complexity index is 413. The number of benzene rings is 1. The van der Waals surface area contributed by atoms with Crippen molar-refractivity contribution in [1.29, 1.82) is 0 Å². The molecule has 1 aromatic carbocycles. The zero-order valence-electron chi connectivity index (χ0n) is 8.76. The predicted molar refractivity (Wildman–Crippen MR) is 57.1 cm³/mol. The van der Waals surface area contributed by atoms with Crippen LogP contribution in [0.4, 0.5) is 0 Å². The van der Waals surface area contributed by atoms with Crippen LogP contribution in [0.1, 0.15) is 34.0 Å². The Labute approximate surface area is 93.2 Å². The van der Waals surface area contributed by atoms with Gasteiger partial charge >= 0.3 is 0 Å². The minimum atomic E-state index is -1.21. The van der Waals surface area contributed by atoms with Crippen LogP contribution < -0.4 is 0 Å². The third-order valence-corrected chi connectivity index (χ3v) is 2.95. The minimum Gasteiger partial charge on any atom is -0.394 e. The molecule has 0 aromatic heterocycles. The first-order valence-electron chi connectivity index (χ1n) is 5.26. The summed E-state index contributed by atoms with van der Waals surface area (Å²) in [5.74, 6) is 0.0718. The molecule has 3 N–H and O–H groups in total. The molecule has 0 amide bonds. The molecular formula is C12H14O4. The van der Waals surface area contributed by atoms with Crippen molar-refractivity contribution in [3.05, 3.63) is 34.9 Å². The van der Waals surface area contributed by atoms with Gasteiger partial charge in [-0.05, 0) is 23.6 Å². The molecule has 0 aliphatic heterocycles. The van der Waals surface area contributed by atoms with Gasteiger partial charge in [-0.1, -0.05) is 12.1 Å². The summed E-state index contributed by atoms with van der Waals surface area (Å²) in [5, 5.41) is 27.7. The largest absolute Gasteiger partial charge is 0.394 e. The predicted octanol–water partition coefficient (Wildman–Crippen LogP) is 0.202. The number of carbonyl (C=O) groups is 1. The molecule has 2 rings (SSSR count). The number of aliphatic hydroxyl groups excluding tert-OH is 3. The monoisotopic (exact) mass is 222 g/mol. The third-order valence-electron chi connectivity index (χ3n) is 2.95. The van der Waals surface area contributed by atoms with Crippen LogP contribution in [0.15, 0.2) is 18.2 Å². The Hall–Kier alpha value is -1.23. The summed E-state index contributed by atoms with van der Waals surface area (Å²) < 4.78 is 0. The van der Waals surface area contributed by atoms with Gasteiger partial charge < -0.3 is 15.3 Å². The summed E-state index contributed by atoms with van der Waals surface area (Å²) in [5.41, 5.74) is 2.08. The highest BCUT2D eigenvalue weighted by Crippen LogP contribution is 2.26. The fourth-order valence-corrected chi connectivity index (χ4v) is 1.96. The number of fused-ring (bicyclic) bond motifs is 1. The summed E-state index contributed by atoms with van der Waals surface area (Å²) in [6.07, 6.45) is -1.11. The highest BCUT2D eigenvalue weighted by atomic mass is 16.4. The van der Waals surface area contributed by atoms with E-state index in [1.807, 2.05) is 0 Å². The second-order valence-corrected chi connectivity index (χ2v) is 4.03. The van der Waals surface area contributed by atoms with Gasteiger partial charge in [-0.25, -0.2) is 0 Å². The van der Waals surface area contributed by atoms with Crippen molar-refractivity contribution in [1.82, 2.24) is 0 Å². The van der Waals surface area contributed by atoms with Crippen molar-refractivity contribution < 1.29 is 20.1 Å². The van der Waals surface area contributed by atoms with Crippen LogP contribution in [-0.2, 0) is 6.42 Å². The topological polar surface area (TPSA) is 77.8 Å². The molecule has 1 aromatic rings. The lowest BCUT2D eigenvalue weighted by Gasteiger charge is -2.16. The van der Waals surface area contributed by atoms with Crippen molar-refractivity contribution in [2.75, 3.05) is 6.61 Å². The summed E-state index contributed by atoms with van der Waals surface area (Å²) >= 11 is 0. The maximum atomic E-state index is 11.5. The van der Waals surface area contributed by atoms with E-state index in [0.29, 0.717) is 17.5 Å². The van der Waals surface area contributed by atoms with Gasteiger partial charge in [0.15, 0.2) is 5.78 Å². The van der Waals surface area contributed by atoms with Crippen molar-refractivity contribution in [2.24, 2.45) is 0 Å². The van der Waals surface area contributed by atoms with Gasteiger partial charge in [-0.3, -0.25) is 4.79 Å². The second-order valence-electron chi connectivity index (χ2n) is 4.03. The number of ketones is 1. The summed E-state index contributed by atoms with van der Waals surface area (Å²) in [4.78, 5) is 11.5. The molecule has 16 heavy (non-hydrogen) atoms. The molecule has 1 aliphatic rings. The van der Waals surface area contributed by atoms with Crippen LogP contribution in [0.25, 0.3) is 0 Å². The van der Waals surface area contributed by atoms with E-state index in [4.69, 9.17) is 5.11 Å². The molecule has 1 aliphatic carbocycles. The Morgan fingerprint density at radius 2 is 2.00 bits per heavy atom. The lowest BCUT2D eigenvalue weighted by Crippen LogP contribution is -2.22. The minimum absolute atomic E-state index is 0.0718. The fourth-order valence-electron chi connectivity index (χ4n) is 1.96. The molecular weight excluding hydrogens is 208 g/mol. The number of hydrogen-bond acceptors (Lipinski definition) is 4. The maximum absolute atomic E-state index is 11.5. The zero-order valence-corrected chi connectivity index (χ0v) is 8.76. The average molecular weight is 222 g/mol. The molecule has 0 fully saturated rings. The van der Waals surface area contributed by atoms with E-state index in [1.165, 1.54) is 0 Å². The second kappa shape index (κ2) is 4.33. The van der Waals surface area contributed by atoms with Crippen molar-refractivity contribution in [3.8, 4) is 0 Å². The Morgan fingerprint density at radius 1 is 1.25 bits per heavy atom. The van der Waals surface area contributed by atoms with Crippen LogP contribution in [0.3, 0.4) is 0 Å². The normalized spacial score (nSPS) is 18.3. The van der Waals surface area contributed by atoms with E-state index in [9.17, 15) is 15.0 Å². The number of aryl methyl sites for hydroxylation is 1. The molecule has 2 unspecified atom stereocenters. The number of aliphatic hydroxyl groups is 3. The molecule has 4 heteroatoms. The highest BCUT2D eigenvalue weighted by molar-refractivity contribution is 6.00. The number of Topliss-reactive ketones (excluding diaryl/α,β-unsaturated/α-hetero) is 1. The molecule has 0 spiro atoms. The molecule has 86 valence electrons. The van der Waals surface area contributed by atoms with E-state index < -0.39 is 18.8 Å². The van der Waals surface area contributed by atoms with Gasteiger partial charge in [0.2, 0.25) is 0 Å². The lowest BCUT2D eigenvalue weighted by molar-refractivity contribution is -0.0152. The SMILES string of the molecule is O=C1CCc2ccc(C(O)C(O)CO)cc21. The van der Waals surface area contributed by atoms with Crippen LogP contribution in [0.5, 0.6) is 0 Å². The van der Waals surface area contributed by atoms with Gasteiger partial charge in [-0.15, -0.1) is 0 Å². The number of hydrogen-bond donors (Lipinski definition) is 3. The van der Waals surface area contributed by atoms with Crippen molar-refractivity contribution in [2.45, 2.75) is 25.0 Å². The number of rotatable bonds is 3. The van der Waals surface area contributed by atoms with E-state index in [-0.39, 0.29) is 5.78 Å². The molecule has 2 atom stereocenters. The Kier molecular flexibility index (Phi) is 3.05. The maximum Gasteiger partial charge on any atom is 0.163 e. The quantitative estimate of drug-likeness (QED) is 0.682. The van der Waals surface area contributed by atoms with E-state index in [0.717, 1.165) is 12.0 Å². The highest BCUT2D eigenvalue weighted by Gasteiger charge is 2.23. The van der Waals surface area contributed by atoms with Gasteiger partial charge in [0.05, 0.1) is 6.61 Å². The smallest absolute Gasteiger partial charge is 0.163 e. The number of carbonyl (C=O) groups excluding carboxylic acids is 1. The molecule has 0 radical (unpaired) electrons. The van der Waals surface area contributed by atoms with Gasteiger partial charge in [0.1, 0.15) is 12.2 Å². The van der Waals surface area contributed by atoms with Gasteiger partial charge in [0.25, 0.3) is 0 Å². The van der Waals surface area contributed by atoms with E-state index >= 15 is 0 Å². The fraction of sp³-hybridized carbons (Fsp3) is 0.417. The van der Waals surface area contributed by atoms with Crippen LogP contribution in [-0.4, -0.2) is 33.8 Å². The van der Waals surface area contributed by atoms with Crippen LogP contribution >= 0.6 is 0 Å². The summed E-state index contributed by atoms with van der Waals surface area (Å²) in [7, 11) is 0. The summed E-state index contributed by atoms with van der Waals surface area (Å²) in [6.45, 7) is -0.508. The van der Waals surface area contributed by atoms with Crippen LogP contribution in [0.2, 0.25) is 0 Å². The van der Waals surface area contributed by atoms with Gasteiger partial charge in [0, 0.05) is 12.0 Å². The molecule has 0 saturated heterocycles. The van der Waals surface area contributed by atoms with Gasteiger partial charge in [-0.2, -0.15) is 0 Å². The average Bonchev–Trinajstić information content (AvgIpc) is 2.68. The van der Waals surface area contributed by atoms with E-state index in [2.05, 4.69) is 0 Å². The standard InChI is InChI=1S/C12H14O4/c13-6-11(15)12(16)8-2-1-7-3-4-10(14)9(7)5-8/h1-2,5,11-13,15-16H,3-4,6H2. The molecule has 4 nitrogen and oxygen atoms in total. The van der Waals surface area contributed by atoms with Crippen molar-refractivity contribution in [3.63, 3.8) is 0 Å². The Morgan fingerprint density at radius 3 is 2.69 bits per heavy atom. The first kappa shape index (κ1) is 11.3.